The van der Waals surface area contributed by atoms with Crippen LogP contribution in [-0.2, 0) is 0 Å². The SMILES string of the molecule is O=C(Nc1ccc(-c2cnc[nH]2)cc1)NC1CCCCC1. The summed E-state index contributed by atoms with van der Waals surface area (Å²) in [5, 5.41) is 5.93. The molecule has 1 aliphatic rings. The van der Waals surface area contributed by atoms with Gasteiger partial charge >= 0.3 is 6.03 Å². The van der Waals surface area contributed by atoms with Crippen molar-refractivity contribution in [3.63, 3.8) is 0 Å². The number of carbonyl (C=O) groups excluding carboxylic acids is 1. The van der Waals surface area contributed by atoms with Crippen molar-refractivity contribution in [2.24, 2.45) is 0 Å². The molecule has 2 aromatic rings. The average molecular weight is 284 g/mol. The van der Waals surface area contributed by atoms with Crippen LogP contribution in [0.2, 0.25) is 0 Å². The Balaban J connectivity index is 1.56. The zero-order valence-electron chi connectivity index (χ0n) is 11.9. The highest BCUT2D eigenvalue weighted by Crippen LogP contribution is 2.19. The van der Waals surface area contributed by atoms with E-state index in [0.29, 0.717) is 6.04 Å². The summed E-state index contributed by atoms with van der Waals surface area (Å²) < 4.78 is 0. The highest BCUT2D eigenvalue weighted by molar-refractivity contribution is 5.89. The summed E-state index contributed by atoms with van der Waals surface area (Å²) >= 11 is 0. The van der Waals surface area contributed by atoms with E-state index in [1.54, 1.807) is 12.5 Å². The van der Waals surface area contributed by atoms with E-state index in [9.17, 15) is 4.79 Å². The number of rotatable bonds is 3. The maximum Gasteiger partial charge on any atom is 0.319 e. The van der Waals surface area contributed by atoms with Gasteiger partial charge in [0.2, 0.25) is 0 Å². The second-order valence-electron chi connectivity index (χ2n) is 5.48. The lowest BCUT2D eigenvalue weighted by Crippen LogP contribution is -2.38. The highest BCUT2D eigenvalue weighted by atomic mass is 16.2. The number of anilines is 1. The predicted octanol–water partition coefficient (Wildman–Crippen LogP) is 3.53. The molecule has 1 heterocycles. The lowest BCUT2D eigenvalue weighted by molar-refractivity contribution is 0.244. The van der Waals surface area contributed by atoms with Gasteiger partial charge in [-0.25, -0.2) is 9.78 Å². The third kappa shape index (κ3) is 3.62. The second-order valence-corrected chi connectivity index (χ2v) is 5.48. The third-order valence-corrected chi connectivity index (χ3v) is 3.89. The lowest BCUT2D eigenvalue weighted by atomic mass is 9.96. The van der Waals surface area contributed by atoms with Crippen molar-refractivity contribution >= 4 is 11.7 Å². The maximum absolute atomic E-state index is 12.0. The first-order valence-electron chi connectivity index (χ1n) is 7.47. The Morgan fingerprint density at radius 3 is 2.57 bits per heavy atom. The van der Waals surface area contributed by atoms with Crippen molar-refractivity contribution in [1.82, 2.24) is 15.3 Å². The number of aromatic nitrogens is 2. The zero-order valence-corrected chi connectivity index (χ0v) is 11.9. The molecule has 0 aliphatic heterocycles. The van der Waals surface area contributed by atoms with Crippen molar-refractivity contribution in [2.75, 3.05) is 5.32 Å². The van der Waals surface area contributed by atoms with E-state index in [2.05, 4.69) is 20.6 Å². The Kier molecular flexibility index (Phi) is 4.19. The molecule has 0 atom stereocenters. The molecule has 0 radical (unpaired) electrons. The smallest absolute Gasteiger partial charge is 0.319 e. The molecule has 1 aromatic carbocycles. The Morgan fingerprint density at radius 2 is 1.90 bits per heavy atom. The molecule has 1 aliphatic carbocycles. The number of carbonyl (C=O) groups is 1. The van der Waals surface area contributed by atoms with E-state index in [-0.39, 0.29) is 6.03 Å². The number of benzene rings is 1. The van der Waals surface area contributed by atoms with Gasteiger partial charge in [-0.2, -0.15) is 0 Å². The van der Waals surface area contributed by atoms with Gasteiger partial charge in [0, 0.05) is 11.7 Å². The minimum Gasteiger partial charge on any atom is -0.345 e. The molecule has 5 heteroatoms. The number of aromatic amines is 1. The number of urea groups is 1. The normalized spacial score (nSPS) is 15.6. The van der Waals surface area contributed by atoms with Crippen LogP contribution in [0.4, 0.5) is 10.5 Å². The summed E-state index contributed by atoms with van der Waals surface area (Å²) in [5.74, 6) is 0. The Hall–Kier alpha value is -2.30. The predicted molar refractivity (Wildman–Crippen MR) is 83.1 cm³/mol. The van der Waals surface area contributed by atoms with Crippen LogP contribution in [0.3, 0.4) is 0 Å². The van der Waals surface area contributed by atoms with Gasteiger partial charge in [0.25, 0.3) is 0 Å². The van der Waals surface area contributed by atoms with Gasteiger partial charge < -0.3 is 15.6 Å². The number of nitrogens with zero attached hydrogens (tertiary/aromatic N) is 1. The number of H-pyrrole nitrogens is 1. The van der Waals surface area contributed by atoms with Crippen LogP contribution in [0.5, 0.6) is 0 Å². The molecule has 3 N–H and O–H groups in total. The minimum absolute atomic E-state index is 0.115. The summed E-state index contributed by atoms with van der Waals surface area (Å²) in [7, 11) is 0. The fourth-order valence-electron chi connectivity index (χ4n) is 2.75. The molecule has 3 rings (SSSR count). The van der Waals surface area contributed by atoms with E-state index in [1.165, 1.54) is 19.3 Å². The van der Waals surface area contributed by atoms with Gasteiger partial charge in [-0.05, 0) is 30.5 Å². The first kappa shape index (κ1) is 13.7. The van der Waals surface area contributed by atoms with Gasteiger partial charge in [0.05, 0.1) is 18.2 Å². The summed E-state index contributed by atoms with van der Waals surface area (Å²) in [5.41, 5.74) is 2.81. The first-order chi connectivity index (χ1) is 10.3. The quantitative estimate of drug-likeness (QED) is 0.807. The van der Waals surface area contributed by atoms with Crippen LogP contribution >= 0.6 is 0 Å². The van der Waals surface area contributed by atoms with Crippen molar-refractivity contribution in [3.8, 4) is 11.3 Å². The monoisotopic (exact) mass is 284 g/mol. The van der Waals surface area contributed by atoms with E-state index in [0.717, 1.165) is 29.8 Å². The van der Waals surface area contributed by atoms with Gasteiger partial charge in [-0.1, -0.05) is 31.4 Å². The standard InChI is InChI=1S/C16H20N4O/c21-16(19-13-4-2-1-3-5-13)20-14-8-6-12(7-9-14)15-10-17-11-18-15/h6-11,13H,1-5H2,(H,17,18)(H2,19,20,21). The summed E-state index contributed by atoms with van der Waals surface area (Å²) in [6, 6.07) is 7.93. The van der Waals surface area contributed by atoms with Crippen molar-refractivity contribution in [2.45, 2.75) is 38.1 Å². The molecular weight excluding hydrogens is 264 g/mol. The molecule has 2 amide bonds. The molecular formula is C16H20N4O. The minimum atomic E-state index is -0.115. The third-order valence-electron chi connectivity index (χ3n) is 3.89. The van der Waals surface area contributed by atoms with Crippen LogP contribution in [0.15, 0.2) is 36.8 Å². The molecule has 0 spiro atoms. The molecule has 0 saturated heterocycles. The Labute approximate surface area is 124 Å². The number of amides is 2. The fourth-order valence-corrected chi connectivity index (χ4v) is 2.75. The number of hydrogen-bond donors (Lipinski definition) is 3. The van der Waals surface area contributed by atoms with E-state index in [1.807, 2.05) is 24.3 Å². The van der Waals surface area contributed by atoms with Crippen LogP contribution in [-0.4, -0.2) is 22.0 Å². The van der Waals surface area contributed by atoms with E-state index < -0.39 is 0 Å². The molecule has 0 bridgehead atoms. The number of nitrogens with one attached hydrogen (secondary N) is 3. The summed E-state index contributed by atoms with van der Waals surface area (Å²) in [4.78, 5) is 19.0. The topological polar surface area (TPSA) is 69.8 Å². The van der Waals surface area contributed by atoms with Gasteiger partial charge in [0.1, 0.15) is 0 Å². The van der Waals surface area contributed by atoms with Crippen LogP contribution in [0.25, 0.3) is 11.3 Å². The summed E-state index contributed by atoms with van der Waals surface area (Å²) in [6.07, 6.45) is 9.32. The van der Waals surface area contributed by atoms with Gasteiger partial charge in [-0.3, -0.25) is 0 Å². The molecule has 1 saturated carbocycles. The highest BCUT2D eigenvalue weighted by Gasteiger charge is 2.15. The molecule has 1 aromatic heterocycles. The Morgan fingerprint density at radius 1 is 1.14 bits per heavy atom. The zero-order chi connectivity index (χ0) is 14.5. The van der Waals surface area contributed by atoms with E-state index in [4.69, 9.17) is 0 Å². The van der Waals surface area contributed by atoms with Crippen LogP contribution < -0.4 is 10.6 Å². The van der Waals surface area contributed by atoms with Crippen LogP contribution in [0, 0.1) is 0 Å². The molecule has 21 heavy (non-hydrogen) atoms. The molecule has 1 fully saturated rings. The second kappa shape index (κ2) is 6.43. The maximum atomic E-state index is 12.0. The van der Waals surface area contributed by atoms with Crippen molar-refractivity contribution in [3.05, 3.63) is 36.8 Å². The number of hydrogen-bond acceptors (Lipinski definition) is 2. The van der Waals surface area contributed by atoms with Crippen molar-refractivity contribution < 1.29 is 4.79 Å². The average Bonchev–Trinajstić information content (AvgIpc) is 3.03. The van der Waals surface area contributed by atoms with Crippen molar-refractivity contribution in [1.29, 1.82) is 0 Å². The van der Waals surface area contributed by atoms with Gasteiger partial charge in [-0.15, -0.1) is 0 Å². The van der Waals surface area contributed by atoms with E-state index >= 15 is 0 Å². The summed E-state index contributed by atoms with van der Waals surface area (Å²) in [6.45, 7) is 0. The van der Waals surface area contributed by atoms with Gasteiger partial charge in [0.15, 0.2) is 0 Å². The largest absolute Gasteiger partial charge is 0.345 e. The molecule has 110 valence electrons. The molecule has 0 unspecified atom stereocenters. The number of imidazole rings is 1. The molecule has 5 nitrogen and oxygen atoms in total. The fraction of sp³-hybridized carbons (Fsp3) is 0.375. The first-order valence-corrected chi connectivity index (χ1v) is 7.47. The lowest BCUT2D eigenvalue weighted by Gasteiger charge is -2.22. The van der Waals surface area contributed by atoms with Crippen LogP contribution in [0.1, 0.15) is 32.1 Å². The Bertz CT molecular complexity index is 571.